The SMILES string of the molecule is Cc1ccc(/C=C2/C[C@H]3[C@H]4CC=C5C[C@H](O)CC[C@]5(C)[C@@H]4CC[C@]3(C)[C@@H]2O)o1. The Kier molecular flexibility index (Phi) is 4.23. The molecule has 0 amide bonds. The van der Waals surface area contributed by atoms with E-state index in [1.165, 1.54) is 12.0 Å². The van der Waals surface area contributed by atoms with Crippen LogP contribution in [0.15, 0.2) is 33.8 Å². The first-order chi connectivity index (χ1) is 13.3. The van der Waals surface area contributed by atoms with E-state index < -0.39 is 0 Å². The molecule has 152 valence electrons. The summed E-state index contributed by atoms with van der Waals surface area (Å²) in [6.45, 7) is 6.74. The third kappa shape index (κ3) is 2.62. The number of hydrogen-bond acceptors (Lipinski definition) is 3. The first-order valence-electron chi connectivity index (χ1n) is 11.1. The quantitative estimate of drug-likeness (QED) is 0.651. The van der Waals surface area contributed by atoms with E-state index in [0.29, 0.717) is 17.8 Å². The molecule has 3 heteroatoms. The van der Waals surface area contributed by atoms with Gasteiger partial charge in [0.25, 0.3) is 0 Å². The molecule has 0 spiro atoms. The smallest absolute Gasteiger partial charge is 0.127 e. The van der Waals surface area contributed by atoms with Gasteiger partial charge in [0.05, 0.1) is 12.2 Å². The van der Waals surface area contributed by atoms with Gasteiger partial charge >= 0.3 is 0 Å². The van der Waals surface area contributed by atoms with Gasteiger partial charge in [0.1, 0.15) is 11.5 Å². The van der Waals surface area contributed by atoms with E-state index >= 15 is 0 Å². The molecule has 28 heavy (non-hydrogen) atoms. The Hall–Kier alpha value is -1.32. The maximum Gasteiger partial charge on any atom is 0.127 e. The summed E-state index contributed by atoms with van der Waals surface area (Å²) in [6.07, 6.45) is 11.4. The molecular weight excluding hydrogens is 348 g/mol. The van der Waals surface area contributed by atoms with E-state index in [0.717, 1.165) is 55.6 Å². The van der Waals surface area contributed by atoms with Crippen molar-refractivity contribution in [3.05, 3.63) is 40.9 Å². The molecular formula is C25H34O3. The number of furan rings is 1. The van der Waals surface area contributed by atoms with Crippen LogP contribution in [0.5, 0.6) is 0 Å². The zero-order valence-electron chi connectivity index (χ0n) is 17.4. The fourth-order valence-corrected chi connectivity index (χ4v) is 7.35. The van der Waals surface area contributed by atoms with Gasteiger partial charge in [-0.1, -0.05) is 25.5 Å². The zero-order valence-corrected chi connectivity index (χ0v) is 17.4. The van der Waals surface area contributed by atoms with Crippen molar-refractivity contribution in [3.8, 4) is 0 Å². The Labute approximate surface area is 168 Å². The predicted molar refractivity (Wildman–Crippen MR) is 111 cm³/mol. The van der Waals surface area contributed by atoms with Crippen molar-refractivity contribution in [2.45, 2.75) is 77.9 Å². The first-order valence-corrected chi connectivity index (χ1v) is 11.1. The predicted octanol–water partition coefficient (Wildman–Crippen LogP) is 5.27. The van der Waals surface area contributed by atoms with E-state index in [1.54, 1.807) is 0 Å². The molecule has 3 fully saturated rings. The number of hydrogen-bond donors (Lipinski definition) is 2. The second kappa shape index (κ2) is 6.34. The maximum atomic E-state index is 11.3. The highest BCUT2D eigenvalue weighted by atomic mass is 16.3. The second-order valence-electron chi connectivity index (χ2n) is 10.5. The summed E-state index contributed by atoms with van der Waals surface area (Å²) in [5.41, 5.74) is 2.89. The molecule has 0 bridgehead atoms. The molecule has 1 aromatic rings. The fraction of sp³-hybridized carbons (Fsp3) is 0.680. The van der Waals surface area contributed by atoms with Crippen LogP contribution in [0.2, 0.25) is 0 Å². The van der Waals surface area contributed by atoms with Crippen molar-refractivity contribution in [2.75, 3.05) is 0 Å². The molecule has 0 aliphatic heterocycles. The lowest BCUT2D eigenvalue weighted by Gasteiger charge is -2.57. The molecule has 5 rings (SSSR count). The summed E-state index contributed by atoms with van der Waals surface area (Å²) in [6, 6.07) is 4.00. The van der Waals surface area contributed by atoms with E-state index in [4.69, 9.17) is 4.42 Å². The summed E-state index contributed by atoms with van der Waals surface area (Å²) in [5.74, 6) is 3.65. The van der Waals surface area contributed by atoms with Gasteiger partial charge in [-0.2, -0.15) is 0 Å². The van der Waals surface area contributed by atoms with Crippen LogP contribution in [0.4, 0.5) is 0 Å². The lowest BCUT2D eigenvalue weighted by Crippen LogP contribution is -2.51. The molecule has 1 heterocycles. The summed E-state index contributed by atoms with van der Waals surface area (Å²) in [4.78, 5) is 0. The minimum Gasteiger partial charge on any atom is -0.462 e. The third-order valence-electron chi connectivity index (χ3n) is 9.04. The highest BCUT2D eigenvalue weighted by Crippen LogP contribution is 2.65. The number of fused-ring (bicyclic) bond motifs is 5. The third-order valence-corrected chi connectivity index (χ3v) is 9.04. The Morgan fingerprint density at radius 2 is 1.89 bits per heavy atom. The first kappa shape index (κ1) is 18.7. The van der Waals surface area contributed by atoms with Gasteiger partial charge in [0.2, 0.25) is 0 Å². The zero-order chi connectivity index (χ0) is 19.7. The van der Waals surface area contributed by atoms with E-state index in [1.807, 2.05) is 19.1 Å². The van der Waals surface area contributed by atoms with Crippen molar-refractivity contribution < 1.29 is 14.6 Å². The molecule has 2 N–H and O–H groups in total. The molecule has 1 aromatic heterocycles. The summed E-state index contributed by atoms with van der Waals surface area (Å²) < 4.78 is 5.76. The van der Waals surface area contributed by atoms with E-state index in [2.05, 4.69) is 26.0 Å². The van der Waals surface area contributed by atoms with Gasteiger partial charge in [-0.05, 0) is 98.8 Å². The highest BCUT2D eigenvalue weighted by molar-refractivity contribution is 5.51. The van der Waals surface area contributed by atoms with Crippen molar-refractivity contribution in [3.63, 3.8) is 0 Å². The fourth-order valence-electron chi connectivity index (χ4n) is 7.35. The molecule has 0 radical (unpaired) electrons. The van der Waals surface area contributed by atoms with Gasteiger partial charge in [0.15, 0.2) is 0 Å². The van der Waals surface area contributed by atoms with Crippen LogP contribution in [-0.4, -0.2) is 22.4 Å². The lowest BCUT2D eigenvalue weighted by atomic mass is 9.48. The minimum absolute atomic E-state index is 0.0233. The average molecular weight is 383 g/mol. The van der Waals surface area contributed by atoms with Gasteiger partial charge in [-0.15, -0.1) is 0 Å². The molecule has 0 saturated heterocycles. The Morgan fingerprint density at radius 3 is 2.64 bits per heavy atom. The normalized spacial score (nSPS) is 46.7. The number of aryl methyl sites for hydroxylation is 1. The van der Waals surface area contributed by atoms with Crippen LogP contribution in [0.25, 0.3) is 6.08 Å². The number of aliphatic hydroxyl groups excluding tert-OH is 2. The Bertz CT molecular complexity index is 833. The highest BCUT2D eigenvalue weighted by Gasteiger charge is 2.59. The number of aliphatic hydroxyl groups is 2. The van der Waals surface area contributed by atoms with E-state index in [-0.39, 0.29) is 23.0 Å². The number of rotatable bonds is 1. The molecule has 3 saturated carbocycles. The minimum atomic E-state index is -0.366. The van der Waals surface area contributed by atoms with Crippen molar-refractivity contribution in [1.82, 2.24) is 0 Å². The van der Waals surface area contributed by atoms with Crippen LogP contribution in [0.1, 0.15) is 70.3 Å². The van der Waals surface area contributed by atoms with Gasteiger partial charge < -0.3 is 14.6 Å². The lowest BCUT2D eigenvalue weighted by molar-refractivity contribution is -0.0685. The van der Waals surface area contributed by atoms with Gasteiger partial charge in [-0.25, -0.2) is 0 Å². The van der Waals surface area contributed by atoms with Crippen LogP contribution in [-0.2, 0) is 0 Å². The van der Waals surface area contributed by atoms with Gasteiger partial charge in [0, 0.05) is 5.41 Å². The molecule has 4 aliphatic rings. The molecule has 4 aliphatic carbocycles. The van der Waals surface area contributed by atoms with E-state index in [9.17, 15) is 10.2 Å². The van der Waals surface area contributed by atoms with Crippen molar-refractivity contribution in [2.24, 2.45) is 28.6 Å². The summed E-state index contributed by atoms with van der Waals surface area (Å²) in [7, 11) is 0. The largest absolute Gasteiger partial charge is 0.462 e. The molecule has 0 unspecified atom stereocenters. The van der Waals surface area contributed by atoms with Crippen LogP contribution in [0, 0.1) is 35.5 Å². The average Bonchev–Trinajstić information content (AvgIpc) is 3.18. The van der Waals surface area contributed by atoms with Crippen molar-refractivity contribution >= 4 is 6.08 Å². The Morgan fingerprint density at radius 1 is 1.07 bits per heavy atom. The summed E-state index contributed by atoms with van der Waals surface area (Å²) in [5, 5.41) is 21.4. The standard InChI is InChI=1S/C25H34O3/c1-15-4-6-19(28-15)12-16-13-22-20-7-5-17-14-18(26)8-10-24(17,2)21(20)9-11-25(22,3)23(16)27/h4-6,12,18,20-23,26-27H,7-11,13-14H2,1-3H3/b16-12-/t18-,20+,21-,22+,23-,24+,25+/m1/s1. The van der Waals surface area contributed by atoms with Crippen LogP contribution >= 0.6 is 0 Å². The van der Waals surface area contributed by atoms with Crippen molar-refractivity contribution in [1.29, 1.82) is 0 Å². The molecule has 3 nitrogen and oxygen atoms in total. The maximum absolute atomic E-state index is 11.3. The Balaban J connectivity index is 1.47. The number of allylic oxidation sites excluding steroid dienone is 1. The molecule has 7 atom stereocenters. The molecule has 0 aromatic carbocycles. The van der Waals surface area contributed by atoms with Crippen LogP contribution < -0.4 is 0 Å². The van der Waals surface area contributed by atoms with Crippen LogP contribution in [0.3, 0.4) is 0 Å². The monoisotopic (exact) mass is 382 g/mol. The van der Waals surface area contributed by atoms with Gasteiger partial charge in [-0.3, -0.25) is 0 Å². The topological polar surface area (TPSA) is 53.6 Å². The second-order valence-corrected chi connectivity index (χ2v) is 10.5. The summed E-state index contributed by atoms with van der Waals surface area (Å²) >= 11 is 0.